The second kappa shape index (κ2) is 7.04. The molecule has 0 N–H and O–H groups in total. The van der Waals surface area contributed by atoms with Crippen LogP contribution in [0.5, 0.6) is 0 Å². The molecule has 0 unspecified atom stereocenters. The molecule has 1 rings (SSSR count). The van der Waals surface area contributed by atoms with Gasteiger partial charge in [-0.05, 0) is 49.1 Å². The van der Waals surface area contributed by atoms with Crippen LogP contribution in [0.4, 0.5) is 0 Å². The van der Waals surface area contributed by atoms with Gasteiger partial charge in [-0.15, -0.1) is 0 Å². The highest BCUT2D eigenvalue weighted by molar-refractivity contribution is 6.30. The van der Waals surface area contributed by atoms with Crippen molar-refractivity contribution < 1.29 is 4.43 Å². The summed E-state index contributed by atoms with van der Waals surface area (Å²) in [7, 11) is 0.651. The van der Waals surface area contributed by atoms with Crippen LogP contribution in [-0.2, 0) is 10.8 Å². The minimum atomic E-state index is 0.651. The van der Waals surface area contributed by atoms with Crippen molar-refractivity contribution in [2.24, 2.45) is 0 Å². The van der Waals surface area contributed by atoms with E-state index >= 15 is 0 Å². The average molecular weight is 241 g/mol. The molecule has 0 spiro atoms. The summed E-state index contributed by atoms with van der Waals surface area (Å²) in [6, 6.07) is 7.19. The van der Waals surface area contributed by atoms with Crippen molar-refractivity contribution in [2.75, 3.05) is 6.61 Å². The van der Waals surface area contributed by atoms with Gasteiger partial charge < -0.3 is 4.43 Å². The van der Waals surface area contributed by atoms with Gasteiger partial charge in [-0.3, -0.25) is 0 Å². The van der Waals surface area contributed by atoms with Gasteiger partial charge >= 0.3 is 0 Å². The van der Waals surface area contributed by atoms with Gasteiger partial charge in [0.15, 0.2) is 0 Å². The molecule has 0 saturated carbocycles. The zero-order valence-electron chi connectivity index (χ0n) is 9.35. The molecule has 0 aliphatic rings. The van der Waals surface area contributed by atoms with Crippen molar-refractivity contribution in [2.45, 2.75) is 32.7 Å². The Balaban J connectivity index is 2.33. The summed E-state index contributed by atoms with van der Waals surface area (Å²) in [6.07, 6.45) is 2.13. The fourth-order valence-corrected chi connectivity index (χ4v) is 2.11. The summed E-state index contributed by atoms with van der Waals surface area (Å²) in [4.78, 5) is 0. The fraction of sp³-hybridized carbons (Fsp3) is 0.500. The molecule has 0 saturated heterocycles. The molecule has 3 heteroatoms. The number of hydrogen-bond donors (Lipinski definition) is 0. The van der Waals surface area contributed by atoms with Crippen LogP contribution in [-0.4, -0.2) is 16.4 Å². The van der Waals surface area contributed by atoms with Crippen LogP contribution < -0.4 is 0 Å². The van der Waals surface area contributed by atoms with Crippen molar-refractivity contribution in [1.82, 2.24) is 0 Å². The van der Waals surface area contributed by atoms with E-state index < -0.39 is 0 Å². The van der Waals surface area contributed by atoms with Gasteiger partial charge in [-0.25, -0.2) is 0 Å². The molecule has 0 amide bonds. The predicted octanol–water partition coefficient (Wildman–Crippen LogP) is 3.66. The van der Waals surface area contributed by atoms with Gasteiger partial charge in [-0.1, -0.05) is 24.6 Å². The molecule has 0 fully saturated rings. The van der Waals surface area contributed by atoms with Crippen LogP contribution in [0.3, 0.4) is 0 Å². The van der Waals surface area contributed by atoms with Crippen molar-refractivity contribution in [3.63, 3.8) is 0 Å². The number of benzene rings is 1. The van der Waals surface area contributed by atoms with Crippen molar-refractivity contribution >= 4 is 21.4 Å². The van der Waals surface area contributed by atoms with E-state index in [0.717, 1.165) is 30.5 Å². The smallest absolute Gasteiger partial charge is 0.229 e. The summed E-state index contributed by atoms with van der Waals surface area (Å²) < 4.78 is 5.47. The Morgan fingerprint density at radius 2 is 2.20 bits per heavy atom. The summed E-state index contributed by atoms with van der Waals surface area (Å²) in [5, 5.41) is 0.826. The SMILES string of the molecule is CC[Si]OCCCc1cc(Cl)ccc1C. The molecule has 0 aromatic heterocycles. The molecular weight excluding hydrogens is 224 g/mol. The predicted molar refractivity (Wildman–Crippen MR) is 66.7 cm³/mol. The lowest BCUT2D eigenvalue weighted by Crippen LogP contribution is -2.01. The third-order valence-electron chi connectivity index (χ3n) is 2.25. The Kier molecular flexibility index (Phi) is 5.99. The first-order chi connectivity index (χ1) is 7.24. The fourth-order valence-electron chi connectivity index (χ4n) is 1.42. The highest BCUT2D eigenvalue weighted by atomic mass is 35.5. The summed E-state index contributed by atoms with van der Waals surface area (Å²) in [5.41, 5.74) is 2.66. The molecule has 1 aromatic rings. The van der Waals surface area contributed by atoms with Gasteiger partial charge in [0.05, 0.1) is 0 Å². The first-order valence-corrected chi connectivity index (χ1v) is 6.83. The third-order valence-corrected chi connectivity index (χ3v) is 3.18. The first-order valence-electron chi connectivity index (χ1n) is 5.33. The van der Waals surface area contributed by atoms with Gasteiger partial charge in [0.1, 0.15) is 0 Å². The molecule has 82 valence electrons. The van der Waals surface area contributed by atoms with E-state index in [-0.39, 0.29) is 0 Å². The summed E-state index contributed by atoms with van der Waals surface area (Å²) in [6.45, 7) is 5.12. The summed E-state index contributed by atoms with van der Waals surface area (Å²) >= 11 is 5.95. The van der Waals surface area contributed by atoms with Gasteiger partial charge in [-0.2, -0.15) is 0 Å². The maximum absolute atomic E-state index is 5.95. The highest BCUT2D eigenvalue weighted by Gasteiger charge is 1.99. The van der Waals surface area contributed by atoms with Crippen molar-refractivity contribution in [1.29, 1.82) is 0 Å². The van der Waals surface area contributed by atoms with Crippen LogP contribution in [0.15, 0.2) is 18.2 Å². The minimum absolute atomic E-state index is 0.651. The Bertz CT molecular complexity index is 302. The van der Waals surface area contributed by atoms with E-state index in [1.54, 1.807) is 0 Å². The lowest BCUT2D eigenvalue weighted by Gasteiger charge is -2.06. The summed E-state index contributed by atoms with van der Waals surface area (Å²) in [5.74, 6) is 0. The molecule has 1 aromatic carbocycles. The van der Waals surface area contributed by atoms with E-state index in [0.29, 0.717) is 9.76 Å². The normalized spacial score (nSPS) is 10.6. The van der Waals surface area contributed by atoms with Crippen LogP contribution in [0.25, 0.3) is 0 Å². The van der Waals surface area contributed by atoms with Gasteiger partial charge in [0.25, 0.3) is 0 Å². The van der Waals surface area contributed by atoms with E-state index in [1.807, 2.05) is 6.07 Å². The molecule has 0 atom stereocenters. The minimum Gasteiger partial charge on any atom is -0.417 e. The van der Waals surface area contributed by atoms with Crippen LogP contribution in [0, 0.1) is 6.92 Å². The maximum Gasteiger partial charge on any atom is 0.229 e. The number of halogens is 1. The molecular formula is C12H17ClOSi. The van der Waals surface area contributed by atoms with E-state index in [1.165, 1.54) is 11.1 Å². The average Bonchev–Trinajstić information content (AvgIpc) is 2.23. The molecule has 2 radical (unpaired) electrons. The van der Waals surface area contributed by atoms with Crippen LogP contribution in [0.1, 0.15) is 24.5 Å². The second-order valence-electron chi connectivity index (χ2n) is 3.52. The Hall–Kier alpha value is -0.313. The first kappa shape index (κ1) is 12.8. The lowest BCUT2D eigenvalue weighted by atomic mass is 10.0. The maximum atomic E-state index is 5.95. The van der Waals surface area contributed by atoms with E-state index in [4.69, 9.17) is 16.0 Å². The molecule has 0 bridgehead atoms. The number of aryl methyl sites for hydroxylation is 2. The molecule has 0 aliphatic heterocycles. The van der Waals surface area contributed by atoms with Crippen LogP contribution >= 0.6 is 11.6 Å². The molecule has 1 nitrogen and oxygen atoms in total. The van der Waals surface area contributed by atoms with Crippen molar-refractivity contribution in [3.8, 4) is 0 Å². The van der Waals surface area contributed by atoms with Crippen LogP contribution in [0.2, 0.25) is 11.1 Å². The Labute approximate surface area is 99.7 Å². The number of rotatable bonds is 6. The zero-order valence-corrected chi connectivity index (χ0v) is 11.1. The molecule has 15 heavy (non-hydrogen) atoms. The van der Waals surface area contributed by atoms with E-state index in [2.05, 4.69) is 26.0 Å². The molecule has 0 aliphatic carbocycles. The second-order valence-corrected chi connectivity index (χ2v) is 5.24. The Morgan fingerprint density at radius 3 is 2.93 bits per heavy atom. The quantitative estimate of drug-likeness (QED) is 0.545. The van der Waals surface area contributed by atoms with Gasteiger partial charge in [0, 0.05) is 11.6 Å². The standard InChI is InChI=1S/C12H17ClOSi/c1-3-15-14-8-4-5-11-9-12(13)7-6-10(11)2/h6-7,9H,3-5,8H2,1-2H3. The topological polar surface area (TPSA) is 9.23 Å². The zero-order chi connectivity index (χ0) is 11.1. The monoisotopic (exact) mass is 240 g/mol. The lowest BCUT2D eigenvalue weighted by molar-refractivity contribution is 0.328. The van der Waals surface area contributed by atoms with E-state index in [9.17, 15) is 0 Å². The largest absolute Gasteiger partial charge is 0.417 e. The Morgan fingerprint density at radius 1 is 1.40 bits per heavy atom. The highest BCUT2D eigenvalue weighted by Crippen LogP contribution is 2.16. The van der Waals surface area contributed by atoms with Gasteiger partial charge in [0.2, 0.25) is 9.76 Å². The number of hydrogen-bond acceptors (Lipinski definition) is 1. The molecule has 0 heterocycles. The van der Waals surface area contributed by atoms with Crippen molar-refractivity contribution in [3.05, 3.63) is 34.3 Å². The third kappa shape index (κ3) is 4.82.